The number of aliphatic hydroxyl groups is 1. The van der Waals surface area contributed by atoms with E-state index in [2.05, 4.69) is 9.05 Å². The molecule has 0 aliphatic carbocycles. The van der Waals surface area contributed by atoms with Gasteiger partial charge in [0.2, 0.25) is 0 Å². The summed E-state index contributed by atoms with van der Waals surface area (Å²) in [6.07, 6.45) is -0.703. The van der Waals surface area contributed by atoms with Gasteiger partial charge < -0.3 is 23.6 Å². The van der Waals surface area contributed by atoms with Gasteiger partial charge in [-0.25, -0.2) is 0 Å². The Kier molecular flexibility index (Phi) is 3.92. The van der Waals surface area contributed by atoms with Crippen molar-refractivity contribution in [2.24, 2.45) is 0 Å². The van der Waals surface area contributed by atoms with E-state index >= 15 is 0 Å². The van der Waals surface area contributed by atoms with Gasteiger partial charge in [0.05, 0.1) is 6.61 Å². The lowest BCUT2D eigenvalue weighted by molar-refractivity contribution is -0.146. The van der Waals surface area contributed by atoms with Gasteiger partial charge in [0, 0.05) is 14.2 Å². The Bertz CT molecular complexity index is 258. The summed E-state index contributed by atoms with van der Waals surface area (Å²) in [5, 5.41) is 9.78. The van der Waals surface area contributed by atoms with Crippen molar-refractivity contribution < 1.29 is 28.2 Å². The van der Waals surface area contributed by atoms with E-state index in [4.69, 9.17) is 9.47 Å². The summed E-state index contributed by atoms with van der Waals surface area (Å²) in [6.45, 7) is 3.58. The summed E-state index contributed by atoms with van der Waals surface area (Å²) in [7, 11) is -1.09. The summed E-state index contributed by atoms with van der Waals surface area (Å²) >= 11 is 0. The molecule has 0 aromatic heterocycles. The Morgan fingerprint density at radius 3 is 2.33 bits per heavy atom. The number of rotatable bonds is 4. The van der Waals surface area contributed by atoms with Crippen LogP contribution in [0.3, 0.4) is 0 Å². The summed E-state index contributed by atoms with van der Waals surface area (Å²) in [5.74, 6) is -2.12. The molecule has 1 N–H and O–H groups in total. The highest BCUT2D eigenvalue weighted by atomic mass is 31.2. The van der Waals surface area contributed by atoms with E-state index in [1.165, 1.54) is 14.2 Å². The van der Waals surface area contributed by atoms with Crippen molar-refractivity contribution in [1.82, 2.24) is 0 Å². The molecule has 0 aromatic carbocycles. The molecule has 1 aliphatic heterocycles. The summed E-state index contributed by atoms with van der Waals surface area (Å²) < 4.78 is 31.8. The molecule has 7 heteroatoms. The third-order valence-corrected chi connectivity index (χ3v) is 4.19. The molecule has 0 saturated carbocycles. The van der Waals surface area contributed by atoms with Crippen LogP contribution in [0.1, 0.15) is 13.8 Å². The molecule has 0 spiro atoms. The second-order valence-corrected chi connectivity index (χ2v) is 6.02. The highest BCUT2D eigenvalue weighted by molar-refractivity contribution is 7.54. The van der Waals surface area contributed by atoms with E-state index in [0.29, 0.717) is 0 Å². The fraction of sp³-hybridized carbons (Fsp3) is 1.00. The first-order valence-electron chi connectivity index (χ1n) is 4.55. The fourth-order valence-electron chi connectivity index (χ4n) is 1.36. The Balaban J connectivity index is 2.70. The van der Waals surface area contributed by atoms with E-state index in [-0.39, 0.29) is 6.61 Å². The van der Waals surface area contributed by atoms with Gasteiger partial charge in [-0.15, -0.1) is 0 Å². The van der Waals surface area contributed by atoms with Crippen molar-refractivity contribution in [3.8, 4) is 0 Å². The van der Waals surface area contributed by atoms with Crippen LogP contribution >= 0.6 is 7.60 Å². The topological polar surface area (TPSA) is 74.2 Å². The maximum absolute atomic E-state index is 11.8. The van der Waals surface area contributed by atoms with Gasteiger partial charge in [-0.3, -0.25) is 4.57 Å². The maximum Gasteiger partial charge on any atom is 0.361 e. The molecule has 1 aliphatic rings. The van der Waals surface area contributed by atoms with Crippen molar-refractivity contribution in [3.05, 3.63) is 0 Å². The normalized spacial score (nSPS) is 27.9. The van der Waals surface area contributed by atoms with Crippen LogP contribution in [0.25, 0.3) is 0 Å². The lowest BCUT2D eigenvalue weighted by atomic mass is 10.4. The second-order valence-electron chi connectivity index (χ2n) is 3.69. The van der Waals surface area contributed by atoms with Gasteiger partial charge in [0.15, 0.2) is 11.6 Å². The minimum Gasteiger partial charge on any atom is -0.378 e. The summed E-state index contributed by atoms with van der Waals surface area (Å²) in [5.41, 5.74) is 0. The van der Waals surface area contributed by atoms with Gasteiger partial charge in [-0.05, 0) is 13.8 Å². The monoisotopic (exact) mass is 240 g/mol. The van der Waals surface area contributed by atoms with Crippen molar-refractivity contribution in [3.63, 3.8) is 0 Å². The number of aliphatic hydroxyl groups excluding tert-OH is 1. The second kappa shape index (κ2) is 4.49. The van der Waals surface area contributed by atoms with Crippen LogP contribution in [-0.4, -0.2) is 43.7 Å². The molecular weight excluding hydrogens is 223 g/mol. The zero-order chi connectivity index (χ0) is 11.7. The van der Waals surface area contributed by atoms with Crippen molar-refractivity contribution in [2.45, 2.75) is 31.6 Å². The quantitative estimate of drug-likeness (QED) is 0.737. The van der Waals surface area contributed by atoms with E-state index < -0.39 is 25.3 Å². The molecule has 0 amide bonds. The Morgan fingerprint density at radius 1 is 1.47 bits per heavy atom. The van der Waals surface area contributed by atoms with Crippen LogP contribution in [0.15, 0.2) is 0 Å². The molecule has 1 rings (SSSR count). The number of hydrogen-bond donors (Lipinski definition) is 1. The van der Waals surface area contributed by atoms with E-state index in [1.807, 2.05) is 0 Å². The Hall–Kier alpha value is 0.0300. The zero-order valence-corrected chi connectivity index (χ0v) is 10.2. The number of ether oxygens (including phenoxy) is 2. The average molecular weight is 240 g/mol. The van der Waals surface area contributed by atoms with Crippen LogP contribution in [0.4, 0.5) is 0 Å². The zero-order valence-electron chi connectivity index (χ0n) is 9.30. The molecule has 0 aromatic rings. The molecular formula is C8H17O6P. The first kappa shape index (κ1) is 13.1. The van der Waals surface area contributed by atoms with Crippen LogP contribution in [0.5, 0.6) is 0 Å². The first-order valence-corrected chi connectivity index (χ1v) is 6.17. The van der Waals surface area contributed by atoms with Crippen molar-refractivity contribution in [1.29, 1.82) is 0 Å². The summed E-state index contributed by atoms with van der Waals surface area (Å²) in [4.78, 5) is 0. The van der Waals surface area contributed by atoms with Gasteiger partial charge in [0.25, 0.3) is 0 Å². The minimum atomic E-state index is -3.53. The standard InChI is InChI=1S/C8H17O6P/c1-8(2)13-5-6(14-8)7(9)15(10,11-3)12-4/h6-7,9H,5H2,1-4H3/t6?,7-/m0/s1. The van der Waals surface area contributed by atoms with E-state index in [1.54, 1.807) is 13.8 Å². The Morgan fingerprint density at radius 2 is 2.00 bits per heavy atom. The minimum absolute atomic E-state index is 0.158. The molecule has 15 heavy (non-hydrogen) atoms. The van der Waals surface area contributed by atoms with E-state index in [0.717, 1.165) is 0 Å². The molecule has 1 unspecified atom stereocenters. The molecule has 0 bridgehead atoms. The lowest BCUT2D eigenvalue weighted by Gasteiger charge is -2.24. The van der Waals surface area contributed by atoms with Crippen molar-refractivity contribution >= 4 is 7.60 Å². The molecule has 1 saturated heterocycles. The first-order chi connectivity index (χ1) is 6.84. The van der Waals surface area contributed by atoms with Crippen LogP contribution < -0.4 is 0 Å². The smallest absolute Gasteiger partial charge is 0.361 e. The van der Waals surface area contributed by atoms with E-state index in [9.17, 15) is 9.67 Å². The molecule has 90 valence electrons. The van der Waals surface area contributed by atoms with Gasteiger partial charge in [-0.1, -0.05) is 0 Å². The highest BCUT2D eigenvalue weighted by Crippen LogP contribution is 2.53. The number of hydrogen-bond acceptors (Lipinski definition) is 6. The van der Waals surface area contributed by atoms with Gasteiger partial charge in [0.1, 0.15) is 6.10 Å². The molecule has 6 nitrogen and oxygen atoms in total. The molecule has 1 heterocycles. The lowest BCUT2D eigenvalue weighted by Crippen LogP contribution is -2.31. The Labute approximate surface area is 89.0 Å². The van der Waals surface area contributed by atoms with Crippen molar-refractivity contribution in [2.75, 3.05) is 20.8 Å². The SMILES string of the molecule is COP(=O)(OC)[C@H](O)C1COC(C)(C)O1. The summed E-state index contributed by atoms with van der Waals surface area (Å²) in [6, 6.07) is 0. The van der Waals surface area contributed by atoms with Crippen LogP contribution in [0.2, 0.25) is 0 Å². The predicted molar refractivity (Wildman–Crippen MR) is 52.5 cm³/mol. The maximum atomic E-state index is 11.8. The van der Waals surface area contributed by atoms with Gasteiger partial charge >= 0.3 is 7.60 Å². The van der Waals surface area contributed by atoms with Gasteiger partial charge in [-0.2, -0.15) is 0 Å². The molecule has 2 atom stereocenters. The average Bonchev–Trinajstić information content (AvgIpc) is 2.56. The third kappa shape index (κ3) is 2.78. The largest absolute Gasteiger partial charge is 0.378 e. The van der Waals surface area contributed by atoms with Crippen LogP contribution in [-0.2, 0) is 23.1 Å². The third-order valence-electron chi connectivity index (χ3n) is 2.20. The predicted octanol–water partition coefficient (Wildman–Crippen LogP) is 0.942. The highest BCUT2D eigenvalue weighted by Gasteiger charge is 2.45. The fourth-order valence-corrected chi connectivity index (χ4v) is 2.49. The molecule has 0 radical (unpaired) electrons. The molecule has 1 fully saturated rings. The van der Waals surface area contributed by atoms with Crippen LogP contribution in [0, 0.1) is 0 Å².